The monoisotopic (exact) mass is 384 g/mol. The van der Waals surface area contributed by atoms with E-state index in [1.165, 1.54) is 23.1 Å². The smallest absolute Gasteiger partial charge is 0.206 e. The minimum atomic E-state index is -0.0355. The zero-order valence-corrected chi connectivity index (χ0v) is 15.6. The minimum absolute atomic E-state index is 0.0355. The van der Waals surface area contributed by atoms with Crippen LogP contribution in [0.3, 0.4) is 0 Å². The highest BCUT2D eigenvalue weighted by atomic mass is 32.2. The molecule has 3 aromatic rings. The van der Waals surface area contributed by atoms with Gasteiger partial charge in [0.05, 0.1) is 16.8 Å². The summed E-state index contributed by atoms with van der Waals surface area (Å²) >= 11 is 2.70. The van der Waals surface area contributed by atoms with Crippen LogP contribution in [-0.2, 0) is 7.05 Å². The molecule has 1 aromatic carbocycles. The number of para-hydroxylation sites is 2. The fourth-order valence-electron chi connectivity index (χ4n) is 2.31. The van der Waals surface area contributed by atoms with Gasteiger partial charge in [0.15, 0.2) is 10.2 Å². The van der Waals surface area contributed by atoms with Crippen molar-refractivity contribution in [3.05, 3.63) is 48.5 Å². The van der Waals surface area contributed by atoms with Gasteiger partial charge in [0.1, 0.15) is 17.4 Å². The van der Waals surface area contributed by atoms with Crippen LogP contribution >= 0.6 is 23.1 Å². The third-order valence-corrected chi connectivity index (χ3v) is 5.57. The SMILES string of the molecule is C=CCNc1nnc(SC/C(O)=C(\C#N)c2nc3ccccc3n2C)s1. The Kier molecular flexibility index (Phi) is 5.55. The first kappa shape index (κ1) is 18.0. The maximum absolute atomic E-state index is 10.4. The Hall–Kier alpha value is -2.83. The second kappa shape index (κ2) is 8.03. The van der Waals surface area contributed by atoms with Crippen LogP contribution in [0.15, 0.2) is 47.0 Å². The van der Waals surface area contributed by atoms with Crippen LogP contribution in [0, 0.1) is 11.3 Å². The van der Waals surface area contributed by atoms with E-state index < -0.39 is 0 Å². The number of aliphatic hydroxyl groups is 1. The fraction of sp³-hybridized carbons (Fsp3) is 0.176. The first-order valence-electron chi connectivity index (χ1n) is 7.69. The van der Waals surface area contributed by atoms with Crippen LogP contribution in [0.1, 0.15) is 5.82 Å². The normalized spacial score (nSPS) is 11.8. The number of allylic oxidation sites excluding steroid dienone is 1. The van der Waals surface area contributed by atoms with Crippen LogP contribution in [0.2, 0.25) is 0 Å². The highest BCUT2D eigenvalue weighted by Crippen LogP contribution is 2.29. The number of hydrogen-bond donors (Lipinski definition) is 2. The summed E-state index contributed by atoms with van der Waals surface area (Å²) in [5.74, 6) is 0.617. The van der Waals surface area contributed by atoms with Gasteiger partial charge in [-0.05, 0) is 12.1 Å². The molecule has 0 bridgehead atoms. The van der Waals surface area contributed by atoms with Crippen LogP contribution in [0.4, 0.5) is 5.13 Å². The van der Waals surface area contributed by atoms with Gasteiger partial charge in [-0.1, -0.05) is 41.3 Å². The molecule has 2 heterocycles. The Balaban J connectivity index is 1.80. The van der Waals surface area contributed by atoms with E-state index in [0.29, 0.717) is 21.8 Å². The quantitative estimate of drug-likeness (QED) is 0.278. The zero-order valence-electron chi connectivity index (χ0n) is 14.0. The van der Waals surface area contributed by atoms with Gasteiger partial charge >= 0.3 is 0 Å². The molecule has 0 saturated carbocycles. The summed E-state index contributed by atoms with van der Waals surface area (Å²) in [4.78, 5) is 4.47. The molecule has 0 aliphatic carbocycles. The van der Waals surface area contributed by atoms with E-state index >= 15 is 0 Å². The molecule has 3 rings (SSSR count). The van der Waals surface area contributed by atoms with Crippen molar-refractivity contribution in [2.75, 3.05) is 17.6 Å². The van der Waals surface area contributed by atoms with E-state index in [2.05, 4.69) is 33.1 Å². The summed E-state index contributed by atoms with van der Waals surface area (Å²) in [6.45, 7) is 4.24. The van der Waals surface area contributed by atoms with Gasteiger partial charge in [-0.3, -0.25) is 0 Å². The highest BCUT2D eigenvalue weighted by Gasteiger charge is 2.17. The maximum Gasteiger partial charge on any atom is 0.206 e. The predicted molar refractivity (Wildman–Crippen MR) is 105 cm³/mol. The van der Waals surface area contributed by atoms with Crippen molar-refractivity contribution in [1.82, 2.24) is 19.7 Å². The number of nitrogens with zero attached hydrogens (tertiary/aromatic N) is 5. The van der Waals surface area contributed by atoms with Gasteiger partial charge in [-0.2, -0.15) is 5.26 Å². The molecule has 9 heteroatoms. The Bertz CT molecular complexity index is 1010. The van der Waals surface area contributed by atoms with Crippen LogP contribution < -0.4 is 5.32 Å². The number of aromatic nitrogens is 4. The third-order valence-electron chi connectivity index (χ3n) is 3.55. The summed E-state index contributed by atoms with van der Waals surface area (Å²) in [5.41, 5.74) is 1.84. The molecule has 2 N–H and O–H groups in total. The van der Waals surface area contributed by atoms with E-state index in [4.69, 9.17) is 0 Å². The number of rotatable bonds is 7. The van der Waals surface area contributed by atoms with E-state index in [1.54, 1.807) is 10.6 Å². The van der Waals surface area contributed by atoms with Crippen molar-refractivity contribution >= 4 is 44.8 Å². The molecule has 0 spiro atoms. The second-order valence-corrected chi connectivity index (χ2v) is 7.45. The largest absolute Gasteiger partial charge is 0.510 e. The van der Waals surface area contributed by atoms with Crippen LogP contribution in [0.25, 0.3) is 16.6 Å². The number of aliphatic hydroxyl groups excluding tert-OH is 1. The average molecular weight is 384 g/mol. The van der Waals surface area contributed by atoms with Gasteiger partial charge in [0.2, 0.25) is 5.13 Å². The van der Waals surface area contributed by atoms with Gasteiger partial charge in [-0.15, -0.1) is 16.8 Å². The number of fused-ring (bicyclic) bond motifs is 1. The van der Waals surface area contributed by atoms with E-state index in [0.717, 1.165) is 11.0 Å². The Morgan fingerprint density at radius 2 is 2.27 bits per heavy atom. The van der Waals surface area contributed by atoms with Crippen LogP contribution in [0.5, 0.6) is 0 Å². The standard InChI is InChI=1S/C17H16N6OS2/c1-3-8-19-16-21-22-17(26-16)25-10-14(24)11(9-18)15-20-12-6-4-5-7-13(12)23(15)2/h3-7,24H,1,8,10H2,2H3,(H,19,21)/b14-11-. The lowest BCUT2D eigenvalue weighted by Gasteiger charge is -2.04. The molecule has 132 valence electrons. The summed E-state index contributed by atoms with van der Waals surface area (Å²) in [7, 11) is 1.82. The van der Waals surface area contributed by atoms with Gasteiger partial charge in [0.25, 0.3) is 0 Å². The summed E-state index contributed by atoms with van der Waals surface area (Å²) in [6.07, 6.45) is 1.73. The summed E-state index contributed by atoms with van der Waals surface area (Å²) in [5, 5.41) is 31.8. The number of imidazole rings is 1. The molecule has 26 heavy (non-hydrogen) atoms. The third kappa shape index (κ3) is 3.71. The second-order valence-electron chi connectivity index (χ2n) is 5.25. The van der Waals surface area contributed by atoms with E-state index in [-0.39, 0.29) is 17.1 Å². The van der Waals surface area contributed by atoms with Gasteiger partial charge in [0, 0.05) is 13.6 Å². The van der Waals surface area contributed by atoms with Crippen molar-refractivity contribution in [1.29, 1.82) is 5.26 Å². The van der Waals surface area contributed by atoms with Crippen LogP contribution in [-0.4, -0.2) is 37.2 Å². The molecule has 2 aromatic heterocycles. The lowest BCUT2D eigenvalue weighted by molar-refractivity contribution is 0.420. The highest BCUT2D eigenvalue weighted by molar-refractivity contribution is 8.01. The van der Waals surface area contributed by atoms with Crippen molar-refractivity contribution in [2.24, 2.45) is 7.05 Å². The van der Waals surface area contributed by atoms with Crippen molar-refractivity contribution in [3.63, 3.8) is 0 Å². The Morgan fingerprint density at radius 1 is 1.46 bits per heavy atom. The molecule has 0 fully saturated rings. The number of anilines is 1. The first-order chi connectivity index (χ1) is 12.6. The van der Waals surface area contributed by atoms with Gasteiger partial charge in [-0.25, -0.2) is 4.98 Å². The number of thioether (sulfide) groups is 1. The Labute approximate surface area is 158 Å². The Morgan fingerprint density at radius 3 is 3.00 bits per heavy atom. The molecule has 0 atom stereocenters. The number of nitrogens with one attached hydrogen (secondary N) is 1. The lowest BCUT2D eigenvalue weighted by atomic mass is 10.2. The molecule has 7 nitrogen and oxygen atoms in total. The van der Waals surface area contributed by atoms with E-state index in [9.17, 15) is 10.4 Å². The van der Waals surface area contributed by atoms with Crippen molar-refractivity contribution in [2.45, 2.75) is 4.34 Å². The van der Waals surface area contributed by atoms with Crippen molar-refractivity contribution < 1.29 is 5.11 Å². The molecule has 0 aliphatic heterocycles. The topological polar surface area (TPSA) is 99.7 Å². The number of hydrogen-bond acceptors (Lipinski definition) is 8. The molecular formula is C17H16N6OS2. The molecular weight excluding hydrogens is 368 g/mol. The minimum Gasteiger partial charge on any atom is -0.510 e. The number of benzene rings is 1. The fourth-order valence-corrected chi connectivity index (χ4v) is 3.95. The number of aryl methyl sites for hydroxylation is 1. The molecule has 0 radical (unpaired) electrons. The predicted octanol–water partition coefficient (Wildman–Crippen LogP) is 3.61. The molecule has 0 amide bonds. The van der Waals surface area contributed by atoms with E-state index in [1.807, 2.05) is 31.3 Å². The maximum atomic E-state index is 10.4. The summed E-state index contributed by atoms with van der Waals surface area (Å²) in [6, 6.07) is 9.66. The summed E-state index contributed by atoms with van der Waals surface area (Å²) < 4.78 is 2.50. The molecule has 0 saturated heterocycles. The first-order valence-corrected chi connectivity index (χ1v) is 9.49. The van der Waals surface area contributed by atoms with Crippen molar-refractivity contribution in [3.8, 4) is 6.07 Å². The number of nitriles is 1. The zero-order chi connectivity index (χ0) is 18.5. The van der Waals surface area contributed by atoms with Gasteiger partial charge < -0.3 is 15.0 Å². The molecule has 0 unspecified atom stereocenters. The molecule has 0 aliphatic rings. The lowest BCUT2D eigenvalue weighted by Crippen LogP contribution is -2.00. The average Bonchev–Trinajstić information content (AvgIpc) is 3.24.